The third-order valence-electron chi connectivity index (χ3n) is 2.01. The zero-order chi connectivity index (χ0) is 11.5. The van der Waals surface area contributed by atoms with Crippen molar-refractivity contribution in [2.75, 3.05) is 5.32 Å². The molecule has 1 amide bonds. The molecular formula is C11H10BrN3O. The molecule has 0 radical (unpaired) electrons. The number of rotatable bonds is 2. The molecule has 2 N–H and O–H groups in total. The van der Waals surface area contributed by atoms with E-state index in [1.54, 1.807) is 6.20 Å². The number of nitrogens with zero attached hydrogens (tertiary/aromatic N) is 1. The fraction of sp³-hybridized carbons (Fsp3) is 0.0909. The highest BCUT2D eigenvalue weighted by Crippen LogP contribution is 2.20. The van der Waals surface area contributed by atoms with Crippen molar-refractivity contribution < 1.29 is 4.79 Å². The van der Waals surface area contributed by atoms with Gasteiger partial charge in [-0.2, -0.15) is 0 Å². The van der Waals surface area contributed by atoms with Crippen LogP contribution < -0.4 is 5.32 Å². The van der Waals surface area contributed by atoms with Gasteiger partial charge in [0.05, 0.1) is 5.69 Å². The smallest absolute Gasteiger partial charge is 0.223 e. The van der Waals surface area contributed by atoms with Gasteiger partial charge >= 0.3 is 0 Å². The molecule has 0 aliphatic heterocycles. The molecule has 4 nitrogen and oxygen atoms in total. The molecule has 5 heteroatoms. The van der Waals surface area contributed by atoms with Gasteiger partial charge in [-0.25, -0.2) is 4.98 Å². The van der Waals surface area contributed by atoms with Crippen molar-refractivity contribution in [3.05, 3.63) is 34.9 Å². The summed E-state index contributed by atoms with van der Waals surface area (Å²) in [6, 6.07) is 7.81. The van der Waals surface area contributed by atoms with Crippen molar-refractivity contribution in [1.29, 1.82) is 0 Å². The Bertz CT molecular complexity index is 504. The molecule has 0 aliphatic carbocycles. The standard InChI is InChI=1S/C11H10BrN3O/c1-7(16)14-11-13-6-10(15-11)8-2-4-9(12)5-3-8/h2-6H,1H3,(H2,13,14,15,16). The van der Waals surface area contributed by atoms with Crippen LogP contribution in [0, 0.1) is 0 Å². The van der Waals surface area contributed by atoms with Gasteiger partial charge in [-0.05, 0) is 12.1 Å². The Morgan fingerprint density at radius 1 is 1.38 bits per heavy atom. The van der Waals surface area contributed by atoms with Crippen LogP contribution in [0.1, 0.15) is 6.92 Å². The molecule has 2 aromatic rings. The van der Waals surface area contributed by atoms with E-state index in [0.29, 0.717) is 5.95 Å². The Labute approximate surface area is 101 Å². The second-order valence-corrected chi connectivity index (χ2v) is 4.24. The molecule has 82 valence electrons. The number of benzene rings is 1. The quantitative estimate of drug-likeness (QED) is 0.888. The highest BCUT2D eigenvalue weighted by Gasteiger charge is 2.04. The van der Waals surface area contributed by atoms with Crippen LogP contribution in [0.2, 0.25) is 0 Å². The van der Waals surface area contributed by atoms with Crippen LogP contribution in [-0.4, -0.2) is 15.9 Å². The molecule has 0 fully saturated rings. The molecule has 0 bridgehead atoms. The molecule has 16 heavy (non-hydrogen) atoms. The van der Waals surface area contributed by atoms with E-state index >= 15 is 0 Å². The summed E-state index contributed by atoms with van der Waals surface area (Å²) in [5, 5.41) is 2.59. The summed E-state index contributed by atoms with van der Waals surface area (Å²) in [5.41, 5.74) is 1.80. The van der Waals surface area contributed by atoms with E-state index in [4.69, 9.17) is 0 Å². The second kappa shape index (κ2) is 4.49. The lowest BCUT2D eigenvalue weighted by Gasteiger charge is -1.96. The zero-order valence-electron chi connectivity index (χ0n) is 8.62. The van der Waals surface area contributed by atoms with Crippen LogP contribution in [0.4, 0.5) is 5.95 Å². The average Bonchev–Trinajstić information content (AvgIpc) is 2.66. The number of H-pyrrole nitrogens is 1. The Kier molecular flexibility index (Phi) is 3.05. The molecule has 0 saturated heterocycles. The number of aromatic nitrogens is 2. The molecule has 1 heterocycles. The minimum absolute atomic E-state index is 0.142. The van der Waals surface area contributed by atoms with Crippen molar-refractivity contribution in [2.45, 2.75) is 6.92 Å². The van der Waals surface area contributed by atoms with Crippen molar-refractivity contribution in [2.24, 2.45) is 0 Å². The summed E-state index contributed by atoms with van der Waals surface area (Å²) in [5.74, 6) is 0.321. The lowest BCUT2D eigenvalue weighted by atomic mass is 10.2. The van der Waals surface area contributed by atoms with Gasteiger partial charge in [-0.15, -0.1) is 0 Å². The highest BCUT2D eigenvalue weighted by molar-refractivity contribution is 9.10. The second-order valence-electron chi connectivity index (χ2n) is 3.32. The lowest BCUT2D eigenvalue weighted by Crippen LogP contribution is -2.06. The van der Waals surface area contributed by atoms with Gasteiger partial charge in [0.2, 0.25) is 11.9 Å². The van der Waals surface area contributed by atoms with E-state index in [9.17, 15) is 4.79 Å². The van der Waals surface area contributed by atoms with E-state index in [2.05, 4.69) is 31.2 Å². The molecule has 0 aliphatic rings. The van der Waals surface area contributed by atoms with E-state index in [1.165, 1.54) is 6.92 Å². The van der Waals surface area contributed by atoms with Gasteiger partial charge in [0, 0.05) is 23.2 Å². The summed E-state index contributed by atoms with van der Waals surface area (Å²) in [7, 11) is 0. The number of amides is 1. The third kappa shape index (κ3) is 2.49. The minimum Gasteiger partial charge on any atom is -0.330 e. The maximum atomic E-state index is 10.8. The SMILES string of the molecule is CC(=O)Nc1nc(-c2ccc(Br)cc2)c[nH]1. The van der Waals surface area contributed by atoms with Crippen molar-refractivity contribution in [1.82, 2.24) is 9.97 Å². The first kappa shape index (κ1) is 10.9. The predicted molar refractivity (Wildman–Crippen MR) is 66.0 cm³/mol. The van der Waals surface area contributed by atoms with Crippen LogP contribution >= 0.6 is 15.9 Å². The van der Waals surface area contributed by atoms with Crippen LogP contribution in [-0.2, 0) is 4.79 Å². The van der Waals surface area contributed by atoms with Crippen molar-refractivity contribution in [3.63, 3.8) is 0 Å². The summed E-state index contributed by atoms with van der Waals surface area (Å²) >= 11 is 3.37. The molecule has 0 atom stereocenters. The number of hydrogen-bond acceptors (Lipinski definition) is 2. The average molecular weight is 280 g/mol. The highest BCUT2D eigenvalue weighted by atomic mass is 79.9. The Morgan fingerprint density at radius 3 is 2.69 bits per heavy atom. The van der Waals surface area contributed by atoms with Crippen LogP contribution in [0.25, 0.3) is 11.3 Å². The first-order chi connectivity index (χ1) is 7.65. The number of aromatic amines is 1. The molecule has 0 spiro atoms. The minimum atomic E-state index is -0.142. The van der Waals surface area contributed by atoms with Gasteiger partial charge in [0.15, 0.2) is 0 Å². The summed E-state index contributed by atoms with van der Waals surface area (Å²) < 4.78 is 1.02. The first-order valence-electron chi connectivity index (χ1n) is 4.74. The maximum absolute atomic E-state index is 10.8. The van der Waals surface area contributed by atoms with Crippen molar-refractivity contribution >= 4 is 27.8 Å². The largest absolute Gasteiger partial charge is 0.330 e. The Balaban J connectivity index is 2.24. The van der Waals surface area contributed by atoms with Crippen molar-refractivity contribution in [3.8, 4) is 11.3 Å². The van der Waals surface area contributed by atoms with Gasteiger partial charge in [-0.3, -0.25) is 10.1 Å². The molecule has 2 rings (SSSR count). The third-order valence-corrected chi connectivity index (χ3v) is 2.54. The van der Waals surface area contributed by atoms with Gasteiger partial charge in [0.1, 0.15) is 0 Å². The number of nitrogens with one attached hydrogen (secondary N) is 2. The fourth-order valence-corrected chi connectivity index (χ4v) is 1.59. The molecule has 1 aromatic carbocycles. The number of imidazole rings is 1. The number of carbonyl (C=O) groups excluding carboxylic acids is 1. The van der Waals surface area contributed by atoms with E-state index in [-0.39, 0.29) is 5.91 Å². The van der Waals surface area contributed by atoms with Gasteiger partial charge in [0.25, 0.3) is 0 Å². The van der Waals surface area contributed by atoms with Gasteiger partial charge < -0.3 is 4.98 Å². The number of halogens is 1. The normalized spacial score (nSPS) is 10.1. The Hall–Kier alpha value is -1.62. The van der Waals surface area contributed by atoms with E-state index in [1.807, 2.05) is 24.3 Å². The summed E-state index contributed by atoms with van der Waals surface area (Å²) in [6.45, 7) is 1.45. The predicted octanol–water partition coefficient (Wildman–Crippen LogP) is 2.80. The van der Waals surface area contributed by atoms with E-state index in [0.717, 1.165) is 15.7 Å². The Morgan fingerprint density at radius 2 is 2.06 bits per heavy atom. The molecule has 0 saturated carbocycles. The summed E-state index contributed by atoms with van der Waals surface area (Å²) in [6.07, 6.45) is 1.76. The summed E-state index contributed by atoms with van der Waals surface area (Å²) in [4.78, 5) is 18.0. The molecular weight excluding hydrogens is 270 g/mol. The zero-order valence-corrected chi connectivity index (χ0v) is 10.2. The maximum Gasteiger partial charge on any atom is 0.223 e. The van der Waals surface area contributed by atoms with E-state index < -0.39 is 0 Å². The van der Waals surface area contributed by atoms with Gasteiger partial charge in [-0.1, -0.05) is 28.1 Å². The lowest BCUT2D eigenvalue weighted by molar-refractivity contribution is -0.114. The van der Waals surface area contributed by atoms with Crippen LogP contribution in [0.15, 0.2) is 34.9 Å². The number of anilines is 1. The molecule has 0 unspecified atom stereocenters. The first-order valence-corrected chi connectivity index (χ1v) is 5.53. The fourth-order valence-electron chi connectivity index (χ4n) is 1.32. The monoisotopic (exact) mass is 279 g/mol. The molecule has 1 aromatic heterocycles. The van der Waals surface area contributed by atoms with Crippen LogP contribution in [0.3, 0.4) is 0 Å². The van der Waals surface area contributed by atoms with Crippen LogP contribution in [0.5, 0.6) is 0 Å². The topological polar surface area (TPSA) is 57.8 Å². The number of carbonyl (C=O) groups is 1. The number of hydrogen-bond donors (Lipinski definition) is 2.